The smallest absolute Gasteiger partial charge is 0.251 e. The zero-order chi connectivity index (χ0) is 13.5. The summed E-state index contributed by atoms with van der Waals surface area (Å²) in [5.41, 5.74) is 1.63. The number of alkyl halides is 1. The number of hydrogen-bond acceptors (Lipinski definition) is 2. The predicted octanol–water partition coefficient (Wildman–Crippen LogP) is 2.50. The third kappa shape index (κ3) is 4.67. The van der Waals surface area contributed by atoms with E-state index >= 15 is 0 Å². The summed E-state index contributed by atoms with van der Waals surface area (Å²) in [4.78, 5) is 14.1. The van der Waals surface area contributed by atoms with Gasteiger partial charge in [-0.1, -0.05) is 12.1 Å². The standard InChI is InChI=1S/C14H21ClN2O/c1-11(2)17(3)8-7-16-14(18)13-6-4-5-12(9-13)10-15/h4-6,9,11H,7-8,10H2,1-3H3,(H,16,18). The molecule has 1 amide bonds. The second-order valence-corrected chi connectivity index (χ2v) is 4.93. The van der Waals surface area contributed by atoms with Crippen LogP contribution >= 0.6 is 11.6 Å². The van der Waals surface area contributed by atoms with Crippen LogP contribution in [0.3, 0.4) is 0 Å². The van der Waals surface area contributed by atoms with Crippen molar-refractivity contribution < 1.29 is 4.79 Å². The summed E-state index contributed by atoms with van der Waals surface area (Å²) in [6.45, 7) is 5.76. The maximum Gasteiger partial charge on any atom is 0.251 e. The first kappa shape index (κ1) is 15.0. The van der Waals surface area contributed by atoms with Gasteiger partial charge in [0.15, 0.2) is 0 Å². The molecule has 0 radical (unpaired) electrons. The number of likely N-dealkylation sites (N-methyl/N-ethyl adjacent to an activating group) is 1. The minimum absolute atomic E-state index is 0.0425. The molecule has 1 aromatic rings. The normalized spacial score (nSPS) is 11.0. The molecule has 1 N–H and O–H groups in total. The van der Waals surface area contributed by atoms with Crippen LogP contribution in [0.4, 0.5) is 0 Å². The molecule has 0 atom stereocenters. The van der Waals surface area contributed by atoms with Crippen LogP contribution in [0.2, 0.25) is 0 Å². The predicted molar refractivity (Wildman–Crippen MR) is 76.1 cm³/mol. The maximum absolute atomic E-state index is 11.9. The second-order valence-electron chi connectivity index (χ2n) is 4.66. The van der Waals surface area contributed by atoms with E-state index in [0.29, 0.717) is 24.0 Å². The molecule has 0 bridgehead atoms. The number of amides is 1. The largest absolute Gasteiger partial charge is 0.351 e. The summed E-state index contributed by atoms with van der Waals surface area (Å²) in [7, 11) is 2.05. The van der Waals surface area contributed by atoms with Crippen LogP contribution in [0.5, 0.6) is 0 Å². The van der Waals surface area contributed by atoms with Gasteiger partial charge in [-0.15, -0.1) is 11.6 Å². The van der Waals surface area contributed by atoms with E-state index in [2.05, 4.69) is 24.1 Å². The van der Waals surface area contributed by atoms with Crippen LogP contribution in [0.25, 0.3) is 0 Å². The van der Waals surface area contributed by atoms with E-state index in [-0.39, 0.29) is 5.91 Å². The zero-order valence-electron chi connectivity index (χ0n) is 11.2. The first-order valence-corrected chi connectivity index (χ1v) is 6.71. The van der Waals surface area contributed by atoms with Crippen molar-refractivity contribution in [3.8, 4) is 0 Å². The van der Waals surface area contributed by atoms with E-state index in [1.165, 1.54) is 0 Å². The number of nitrogens with one attached hydrogen (secondary N) is 1. The number of hydrogen-bond donors (Lipinski definition) is 1. The maximum atomic E-state index is 11.9. The SMILES string of the molecule is CC(C)N(C)CCNC(=O)c1cccc(CCl)c1. The molecule has 0 unspecified atom stereocenters. The number of halogens is 1. The van der Waals surface area contributed by atoms with Crippen LogP contribution in [-0.2, 0) is 5.88 Å². The van der Waals surface area contributed by atoms with Crippen molar-refractivity contribution in [3.63, 3.8) is 0 Å². The van der Waals surface area contributed by atoms with Gasteiger partial charge < -0.3 is 10.2 Å². The van der Waals surface area contributed by atoms with Crippen molar-refractivity contribution in [2.24, 2.45) is 0 Å². The molecule has 0 aliphatic rings. The van der Waals surface area contributed by atoms with Crippen molar-refractivity contribution in [2.45, 2.75) is 25.8 Å². The Bertz CT molecular complexity index is 393. The number of nitrogens with zero attached hydrogens (tertiary/aromatic N) is 1. The molecule has 18 heavy (non-hydrogen) atoms. The van der Waals surface area contributed by atoms with Crippen LogP contribution < -0.4 is 5.32 Å². The Morgan fingerprint density at radius 3 is 2.78 bits per heavy atom. The van der Waals surface area contributed by atoms with Gasteiger partial charge >= 0.3 is 0 Å². The molecule has 0 fully saturated rings. The molecule has 1 aromatic carbocycles. The lowest BCUT2D eigenvalue weighted by molar-refractivity contribution is 0.0948. The summed E-state index contributed by atoms with van der Waals surface area (Å²) in [5.74, 6) is 0.385. The van der Waals surface area contributed by atoms with Gasteiger partial charge in [-0.3, -0.25) is 4.79 Å². The molecule has 0 aliphatic carbocycles. The van der Waals surface area contributed by atoms with Crippen molar-refractivity contribution in [2.75, 3.05) is 20.1 Å². The van der Waals surface area contributed by atoms with Crippen molar-refractivity contribution in [1.29, 1.82) is 0 Å². The second kappa shape index (κ2) is 7.39. The van der Waals surface area contributed by atoms with Gasteiger partial charge in [0, 0.05) is 30.6 Å². The quantitative estimate of drug-likeness (QED) is 0.804. The number of rotatable bonds is 6. The Morgan fingerprint density at radius 2 is 2.17 bits per heavy atom. The molecule has 0 saturated carbocycles. The highest BCUT2D eigenvalue weighted by Gasteiger charge is 2.07. The fraction of sp³-hybridized carbons (Fsp3) is 0.500. The summed E-state index contributed by atoms with van der Waals surface area (Å²) in [5, 5.41) is 2.91. The first-order chi connectivity index (χ1) is 8.54. The highest BCUT2D eigenvalue weighted by molar-refractivity contribution is 6.17. The zero-order valence-corrected chi connectivity index (χ0v) is 12.0. The summed E-state index contributed by atoms with van der Waals surface area (Å²) >= 11 is 5.75. The van der Waals surface area contributed by atoms with E-state index < -0.39 is 0 Å². The summed E-state index contributed by atoms with van der Waals surface area (Å²) in [6, 6.07) is 7.89. The highest BCUT2D eigenvalue weighted by atomic mass is 35.5. The van der Waals surface area contributed by atoms with E-state index in [9.17, 15) is 4.79 Å². The average molecular weight is 269 g/mol. The van der Waals surface area contributed by atoms with Crippen molar-refractivity contribution in [3.05, 3.63) is 35.4 Å². The lowest BCUT2D eigenvalue weighted by Crippen LogP contribution is -2.36. The van der Waals surface area contributed by atoms with Gasteiger partial charge in [0.1, 0.15) is 0 Å². The molecule has 0 heterocycles. The highest BCUT2D eigenvalue weighted by Crippen LogP contribution is 2.07. The molecule has 4 heteroatoms. The van der Waals surface area contributed by atoms with Gasteiger partial charge in [-0.2, -0.15) is 0 Å². The Balaban J connectivity index is 2.45. The Hall–Kier alpha value is -1.06. The van der Waals surface area contributed by atoms with E-state index in [1.54, 1.807) is 6.07 Å². The van der Waals surface area contributed by atoms with Crippen LogP contribution in [0.1, 0.15) is 29.8 Å². The number of carbonyl (C=O) groups is 1. The first-order valence-electron chi connectivity index (χ1n) is 6.18. The lowest BCUT2D eigenvalue weighted by atomic mass is 10.1. The summed E-state index contributed by atoms with van der Waals surface area (Å²) in [6.07, 6.45) is 0. The molecule has 0 aromatic heterocycles. The minimum atomic E-state index is -0.0425. The molecule has 3 nitrogen and oxygen atoms in total. The molecule has 0 spiro atoms. The topological polar surface area (TPSA) is 32.3 Å². The third-order valence-corrected chi connectivity index (χ3v) is 3.28. The Labute approximate surface area is 114 Å². The molecule has 0 aliphatic heterocycles. The monoisotopic (exact) mass is 268 g/mol. The fourth-order valence-corrected chi connectivity index (χ4v) is 1.67. The van der Waals surface area contributed by atoms with Gasteiger partial charge in [0.2, 0.25) is 0 Å². The van der Waals surface area contributed by atoms with Gasteiger partial charge in [0.25, 0.3) is 5.91 Å². The number of benzene rings is 1. The van der Waals surface area contributed by atoms with Crippen LogP contribution in [0, 0.1) is 0 Å². The Morgan fingerprint density at radius 1 is 1.44 bits per heavy atom. The molecule has 100 valence electrons. The third-order valence-electron chi connectivity index (χ3n) is 2.98. The average Bonchev–Trinajstić information content (AvgIpc) is 2.38. The van der Waals surface area contributed by atoms with Crippen LogP contribution in [0.15, 0.2) is 24.3 Å². The van der Waals surface area contributed by atoms with Gasteiger partial charge in [-0.05, 0) is 38.6 Å². The summed E-state index contributed by atoms with van der Waals surface area (Å²) < 4.78 is 0. The van der Waals surface area contributed by atoms with E-state index in [1.807, 2.05) is 25.2 Å². The molecule has 0 saturated heterocycles. The van der Waals surface area contributed by atoms with Crippen molar-refractivity contribution >= 4 is 17.5 Å². The molecular weight excluding hydrogens is 248 g/mol. The Kier molecular flexibility index (Phi) is 6.16. The van der Waals surface area contributed by atoms with Crippen molar-refractivity contribution in [1.82, 2.24) is 10.2 Å². The molecule has 1 rings (SSSR count). The molecular formula is C14H21ClN2O. The van der Waals surface area contributed by atoms with E-state index in [0.717, 1.165) is 12.1 Å². The fourth-order valence-electron chi connectivity index (χ4n) is 1.50. The van der Waals surface area contributed by atoms with E-state index in [4.69, 9.17) is 11.6 Å². The minimum Gasteiger partial charge on any atom is -0.351 e. The lowest BCUT2D eigenvalue weighted by Gasteiger charge is -2.20. The van der Waals surface area contributed by atoms with Gasteiger partial charge in [-0.25, -0.2) is 0 Å². The van der Waals surface area contributed by atoms with Gasteiger partial charge in [0.05, 0.1) is 0 Å². The number of carbonyl (C=O) groups excluding carboxylic acids is 1. The van der Waals surface area contributed by atoms with Crippen LogP contribution in [-0.4, -0.2) is 37.0 Å².